The highest BCUT2D eigenvalue weighted by molar-refractivity contribution is 5.74. The fourth-order valence-corrected chi connectivity index (χ4v) is 1.09. The van der Waals surface area contributed by atoms with Gasteiger partial charge in [-0.3, -0.25) is 15.5 Å². The molecule has 2 aromatic rings. The smallest absolute Gasteiger partial charge is 0.261 e. The van der Waals surface area contributed by atoms with Crippen molar-refractivity contribution < 1.29 is 4.92 Å². The standard InChI is InChI=1S/C10H8N6O2/c17-16(18)8-2-3-9(13-6-8)15-14-7-10-11-4-1-5-12-10/h1-7H,(H,13,15)/b14-7+. The van der Waals surface area contributed by atoms with Gasteiger partial charge in [-0.05, 0) is 12.1 Å². The number of nitrogens with zero attached hydrogens (tertiary/aromatic N) is 5. The van der Waals surface area contributed by atoms with Gasteiger partial charge >= 0.3 is 0 Å². The van der Waals surface area contributed by atoms with Crippen LogP contribution in [0, 0.1) is 10.1 Å². The average molecular weight is 244 g/mol. The van der Waals surface area contributed by atoms with Gasteiger partial charge in [0.1, 0.15) is 12.0 Å². The molecule has 8 nitrogen and oxygen atoms in total. The van der Waals surface area contributed by atoms with E-state index >= 15 is 0 Å². The van der Waals surface area contributed by atoms with Crippen molar-refractivity contribution in [2.24, 2.45) is 5.10 Å². The molecule has 2 aromatic heterocycles. The van der Waals surface area contributed by atoms with Crippen LogP contribution in [0.2, 0.25) is 0 Å². The highest BCUT2D eigenvalue weighted by atomic mass is 16.6. The zero-order valence-electron chi connectivity index (χ0n) is 9.09. The van der Waals surface area contributed by atoms with Gasteiger partial charge in [-0.25, -0.2) is 15.0 Å². The van der Waals surface area contributed by atoms with E-state index in [4.69, 9.17) is 0 Å². The molecule has 0 atom stereocenters. The lowest BCUT2D eigenvalue weighted by molar-refractivity contribution is -0.385. The van der Waals surface area contributed by atoms with E-state index < -0.39 is 4.92 Å². The highest BCUT2D eigenvalue weighted by Gasteiger charge is 2.04. The van der Waals surface area contributed by atoms with Gasteiger partial charge in [-0.15, -0.1) is 0 Å². The molecule has 0 amide bonds. The fourth-order valence-electron chi connectivity index (χ4n) is 1.09. The number of anilines is 1. The van der Waals surface area contributed by atoms with E-state index in [1.807, 2.05) is 0 Å². The number of pyridine rings is 1. The van der Waals surface area contributed by atoms with Crippen molar-refractivity contribution in [1.82, 2.24) is 15.0 Å². The van der Waals surface area contributed by atoms with E-state index in [1.54, 1.807) is 18.5 Å². The molecule has 0 aliphatic heterocycles. The Hall–Kier alpha value is -2.90. The van der Waals surface area contributed by atoms with E-state index in [2.05, 4.69) is 25.5 Å². The second-order valence-corrected chi connectivity index (χ2v) is 3.14. The maximum absolute atomic E-state index is 10.4. The summed E-state index contributed by atoms with van der Waals surface area (Å²) in [7, 11) is 0. The van der Waals surface area contributed by atoms with E-state index in [0.717, 1.165) is 6.20 Å². The molecule has 2 heterocycles. The zero-order valence-corrected chi connectivity index (χ0v) is 9.09. The Morgan fingerprint density at radius 1 is 1.28 bits per heavy atom. The van der Waals surface area contributed by atoms with E-state index in [0.29, 0.717) is 11.6 Å². The third-order valence-electron chi connectivity index (χ3n) is 1.90. The Morgan fingerprint density at radius 3 is 2.67 bits per heavy atom. The van der Waals surface area contributed by atoms with Gasteiger partial charge in [-0.2, -0.15) is 5.10 Å². The van der Waals surface area contributed by atoms with Gasteiger partial charge in [0.05, 0.1) is 11.1 Å². The molecular formula is C10H8N6O2. The molecule has 0 saturated carbocycles. The molecule has 8 heteroatoms. The maximum Gasteiger partial charge on any atom is 0.287 e. The second kappa shape index (κ2) is 5.43. The molecule has 0 aromatic carbocycles. The summed E-state index contributed by atoms with van der Waals surface area (Å²) in [6.45, 7) is 0. The molecule has 0 unspecified atom stereocenters. The van der Waals surface area contributed by atoms with Gasteiger partial charge in [0, 0.05) is 18.5 Å². The number of nitrogens with one attached hydrogen (secondary N) is 1. The second-order valence-electron chi connectivity index (χ2n) is 3.14. The summed E-state index contributed by atoms with van der Waals surface area (Å²) >= 11 is 0. The Balaban J connectivity index is 1.98. The monoisotopic (exact) mass is 244 g/mol. The van der Waals surface area contributed by atoms with Crippen molar-refractivity contribution in [2.75, 3.05) is 5.43 Å². The first kappa shape index (κ1) is 11.6. The lowest BCUT2D eigenvalue weighted by atomic mass is 10.4. The SMILES string of the molecule is O=[N+]([O-])c1ccc(N/N=C/c2ncccn2)nc1. The van der Waals surface area contributed by atoms with Crippen LogP contribution in [0.25, 0.3) is 0 Å². The molecular weight excluding hydrogens is 236 g/mol. The summed E-state index contributed by atoms with van der Waals surface area (Å²) in [4.78, 5) is 21.6. The predicted octanol–water partition coefficient (Wildman–Crippen LogP) is 1.23. The van der Waals surface area contributed by atoms with Gasteiger partial charge in [0.2, 0.25) is 0 Å². The zero-order chi connectivity index (χ0) is 12.8. The van der Waals surface area contributed by atoms with Crippen LogP contribution in [0.1, 0.15) is 5.82 Å². The third-order valence-corrected chi connectivity index (χ3v) is 1.90. The number of aromatic nitrogens is 3. The molecule has 90 valence electrons. The topological polar surface area (TPSA) is 106 Å². The Kier molecular flexibility index (Phi) is 3.50. The van der Waals surface area contributed by atoms with Crippen molar-refractivity contribution in [3.8, 4) is 0 Å². The molecule has 0 aliphatic rings. The first-order valence-corrected chi connectivity index (χ1v) is 4.92. The summed E-state index contributed by atoms with van der Waals surface area (Å²) in [5, 5.41) is 14.3. The largest absolute Gasteiger partial charge is 0.287 e. The van der Waals surface area contributed by atoms with Crippen LogP contribution in [-0.4, -0.2) is 26.1 Å². The summed E-state index contributed by atoms with van der Waals surface area (Å²) < 4.78 is 0. The number of hydrazone groups is 1. The van der Waals surface area contributed by atoms with Crippen LogP contribution < -0.4 is 5.43 Å². The normalized spacial score (nSPS) is 10.4. The first-order valence-electron chi connectivity index (χ1n) is 4.92. The fraction of sp³-hybridized carbons (Fsp3) is 0. The molecule has 0 fully saturated rings. The maximum atomic E-state index is 10.4. The minimum absolute atomic E-state index is 0.0732. The summed E-state index contributed by atoms with van der Waals surface area (Å²) in [6.07, 6.45) is 5.76. The van der Waals surface area contributed by atoms with Crippen molar-refractivity contribution in [3.05, 3.63) is 52.7 Å². The van der Waals surface area contributed by atoms with Crippen LogP contribution in [0.3, 0.4) is 0 Å². The molecule has 0 spiro atoms. The quantitative estimate of drug-likeness (QED) is 0.492. The van der Waals surface area contributed by atoms with E-state index in [1.165, 1.54) is 18.3 Å². The van der Waals surface area contributed by atoms with E-state index in [-0.39, 0.29) is 5.69 Å². The molecule has 0 saturated heterocycles. The van der Waals surface area contributed by atoms with Gasteiger partial charge < -0.3 is 0 Å². The van der Waals surface area contributed by atoms with Crippen LogP contribution >= 0.6 is 0 Å². The average Bonchev–Trinajstić information content (AvgIpc) is 2.40. The van der Waals surface area contributed by atoms with E-state index in [9.17, 15) is 10.1 Å². The van der Waals surface area contributed by atoms with Crippen LogP contribution in [0.5, 0.6) is 0 Å². The van der Waals surface area contributed by atoms with Crippen molar-refractivity contribution in [3.63, 3.8) is 0 Å². The Bertz CT molecular complexity index is 554. The van der Waals surface area contributed by atoms with Crippen molar-refractivity contribution in [2.45, 2.75) is 0 Å². The summed E-state index contributed by atoms with van der Waals surface area (Å²) in [5.74, 6) is 0.847. The first-order chi connectivity index (χ1) is 8.75. The molecule has 2 rings (SSSR count). The van der Waals surface area contributed by atoms with Crippen LogP contribution in [-0.2, 0) is 0 Å². The molecule has 0 aliphatic carbocycles. The van der Waals surface area contributed by atoms with Crippen molar-refractivity contribution >= 4 is 17.7 Å². The van der Waals surface area contributed by atoms with Gasteiger partial charge in [0.15, 0.2) is 5.82 Å². The Morgan fingerprint density at radius 2 is 2.06 bits per heavy atom. The minimum atomic E-state index is -0.516. The highest BCUT2D eigenvalue weighted by Crippen LogP contribution is 2.11. The number of hydrogen-bond acceptors (Lipinski definition) is 7. The molecule has 0 bridgehead atoms. The summed E-state index contributed by atoms with van der Waals surface area (Å²) in [5.41, 5.74) is 2.54. The van der Waals surface area contributed by atoms with Gasteiger partial charge in [-0.1, -0.05) is 0 Å². The van der Waals surface area contributed by atoms with Gasteiger partial charge in [0.25, 0.3) is 5.69 Å². The molecule has 0 radical (unpaired) electrons. The molecule has 1 N–H and O–H groups in total. The molecule has 18 heavy (non-hydrogen) atoms. The Labute approximate surface area is 102 Å². The number of nitro groups is 1. The third kappa shape index (κ3) is 3.04. The van der Waals surface area contributed by atoms with Crippen LogP contribution in [0.4, 0.5) is 11.5 Å². The number of hydrogen-bond donors (Lipinski definition) is 1. The lowest BCUT2D eigenvalue weighted by Gasteiger charge is -1.97. The van der Waals surface area contributed by atoms with Crippen molar-refractivity contribution in [1.29, 1.82) is 0 Å². The van der Waals surface area contributed by atoms with Crippen LogP contribution in [0.15, 0.2) is 41.9 Å². The lowest BCUT2D eigenvalue weighted by Crippen LogP contribution is -1.97. The summed E-state index contributed by atoms with van der Waals surface area (Å²) in [6, 6.07) is 4.49. The minimum Gasteiger partial charge on any atom is -0.261 e. The number of rotatable bonds is 4. The predicted molar refractivity (Wildman–Crippen MR) is 64.1 cm³/mol.